The molecule has 0 fully saturated rings. The van der Waals surface area contributed by atoms with Crippen molar-refractivity contribution < 1.29 is 33.4 Å². The van der Waals surface area contributed by atoms with Crippen molar-refractivity contribution in [2.45, 2.75) is 117 Å². The Bertz CT molecular complexity index is 738. The molecular weight excluding hydrogens is 562 g/mol. The van der Waals surface area contributed by atoms with Crippen molar-refractivity contribution >= 4 is 23.8 Å². The molecule has 0 aliphatic heterocycles. The maximum absolute atomic E-state index is 12.9. The van der Waals surface area contributed by atoms with Gasteiger partial charge in [-0.05, 0) is 26.9 Å². The molecule has 256 valence electrons. The summed E-state index contributed by atoms with van der Waals surface area (Å²) in [4.78, 5) is 52.8. The smallest absolute Gasteiger partial charge is 0.305 e. The molecule has 0 aromatic heterocycles. The van der Waals surface area contributed by atoms with E-state index < -0.39 is 11.8 Å². The fraction of sp³-hybridized carbons (Fsp3) is 0.824. The summed E-state index contributed by atoms with van der Waals surface area (Å²) in [5, 5.41) is 2.68. The summed E-state index contributed by atoms with van der Waals surface area (Å²) in [7, 11) is 3.91. The number of unbranched alkanes of at least 4 members (excludes halogenated alkanes) is 12. The van der Waals surface area contributed by atoms with Crippen LogP contribution in [-0.4, -0.2) is 100 Å². The standard InChI is InChI=1S/C34H63N3O7/c1-5-7-9-11-13-15-17-19-33(40)43-29-25-37(26-30-44-34(41)20-18-16-14-12-10-8-6-2)32(39)22-21-31(38)35-23-27-42-28-24-36(3)4/h21-22H,5-20,23-30H2,1-4H3,(H,35,38). The molecule has 0 aromatic rings. The van der Waals surface area contributed by atoms with Gasteiger partial charge in [-0.3, -0.25) is 19.2 Å². The quantitative estimate of drug-likeness (QED) is 0.0638. The fourth-order valence-corrected chi connectivity index (χ4v) is 4.38. The average Bonchev–Trinajstić information content (AvgIpc) is 2.99. The lowest BCUT2D eigenvalue weighted by atomic mass is 10.1. The molecule has 0 spiro atoms. The predicted octanol–water partition coefficient (Wildman–Crippen LogP) is 5.43. The summed E-state index contributed by atoms with van der Waals surface area (Å²) in [6.07, 6.45) is 18.7. The Labute approximate surface area is 267 Å². The highest BCUT2D eigenvalue weighted by molar-refractivity contribution is 5.96. The molecule has 0 aromatic carbocycles. The van der Waals surface area contributed by atoms with Gasteiger partial charge < -0.3 is 29.3 Å². The molecule has 10 heteroatoms. The van der Waals surface area contributed by atoms with Crippen LogP contribution in [0.15, 0.2) is 12.2 Å². The summed E-state index contributed by atoms with van der Waals surface area (Å²) >= 11 is 0. The third kappa shape index (κ3) is 28.3. The third-order valence-electron chi connectivity index (χ3n) is 7.13. The molecule has 0 unspecified atom stereocenters. The number of nitrogens with one attached hydrogen (secondary N) is 1. The molecule has 0 saturated carbocycles. The number of hydrogen-bond acceptors (Lipinski definition) is 8. The van der Waals surface area contributed by atoms with Gasteiger partial charge in [0.05, 0.1) is 26.3 Å². The van der Waals surface area contributed by atoms with Crippen LogP contribution in [0.1, 0.15) is 117 Å². The first-order chi connectivity index (χ1) is 21.3. The number of amides is 2. The van der Waals surface area contributed by atoms with Gasteiger partial charge in [0.2, 0.25) is 11.8 Å². The van der Waals surface area contributed by atoms with E-state index in [1.165, 1.54) is 68.4 Å². The van der Waals surface area contributed by atoms with Crippen LogP contribution in [-0.2, 0) is 33.4 Å². The zero-order valence-electron chi connectivity index (χ0n) is 28.4. The maximum Gasteiger partial charge on any atom is 0.305 e. The molecule has 0 bridgehead atoms. The first-order valence-electron chi connectivity index (χ1n) is 17.1. The molecule has 10 nitrogen and oxygen atoms in total. The predicted molar refractivity (Wildman–Crippen MR) is 175 cm³/mol. The van der Waals surface area contributed by atoms with Crippen LogP contribution < -0.4 is 5.32 Å². The van der Waals surface area contributed by atoms with Crippen LogP contribution in [0.4, 0.5) is 0 Å². The first kappa shape index (κ1) is 41.5. The van der Waals surface area contributed by atoms with Gasteiger partial charge in [0.15, 0.2) is 0 Å². The lowest BCUT2D eigenvalue weighted by Crippen LogP contribution is -2.36. The molecule has 1 N–H and O–H groups in total. The Morgan fingerprint density at radius 1 is 0.591 bits per heavy atom. The van der Waals surface area contributed by atoms with Crippen molar-refractivity contribution in [2.24, 2.45) is 0 Å². The van der Waals surface area contributed by atoms with Gasteiger partial charge in [-0.15, -0.1) is 0 Å². The molecule has 0 saturated heterocycles. The monoisotopic (exact) mass is 625 g/mol. The topological polar surface area (TPSA) is 114 Å². The van der Waals surface area contributed by atoms with Crippen LogP contribution in [0.5, 0.6) is 0 Å². The van der Waals surface area contributed by atoms with Gasteiger partial charge >= 0.3 is 11.9 Å². The summed E-state index contributed by atoms with van der Waals surface area (Å²) < 4.78 is 16.2. The van der Waals surface area contributed by atoms with Crippen LogP contribution in [0, 0.1) is 0 Å². The van der Waals surface area contributed by atoms with Gasteiger partial charge in [-0.1, -0.05) is 90.9 Å². The summed E-state index contributed by atoms with van der Waals surface area (Å²) in [6, 6.07) is 0. The Hall–Kier alpha value is -2.46. The lowest BCUT2D eigenvalue weighted by molar-refractivity contribution is -0.146. The molecule has 0 aliphatic rings. The normalized spacial score (nSPS) is 11.2. The Balaban J connectivity index is 4.58. The minimum absolute atomic E-state index is 0.0391. The van der Waals surface area contributed by atoms with Crippen molar-refractivity contribution in [3.8, 4) is 0 Å². The van der Waals surface area contributed by atoms with Crippen LogP contribution >= 0.6 is 0 Å². The zero-order valence-corrected chi connectivity index (χ0v) is 28.4. The fourth-order valence-electron chi connectivity index (χ4n) is 4.38. The van der Waals surface area contributed by atoms with Gasteiger partial charge in [0, 0.05) is 38.1 Å². The molecule has 0 rings (SSSR count). The molecule has 0 aliphatic carbocycles. The van der Waals surface area contributed by atoms with Crippen LogP contribution in [0.25, 0.3) is 0 Å². The van der Waals surface area contributed by atoms with E-state index in [0.29, 0.717) is 32.6 Å². The number of likely N-dealkylation sites (N-methyl/N-ethyl adjacent to an activating group) is 1. The minimum atomic E-state index is -0.423. The minimum Gasteiger partial charge on any atom is -0.464 e. The number of ether oxygens (including phenoxy) is 3. The molecule has 0 radical (unpaired) electrons. The van der Waals surface area contributed by atoms with Crippen molar-refractivity contribution in [3.05, 3.63) is 12.2 Å². The van der Waals surface area contributed by atoms with Crippen molar-refractivity contribution in [3.63, 3.8) is 0 Å². The molecule has 0 atom stereocenters. The van der Waals surface area contributed by atoms with Crippen molar-refractivity contribution in [1.82, 2.24) is 15.1 Å². The Morgan fingerprint density at radius 3 is 1.55 bits per heavy atom. The largest absolute Gasteiger partial charge is 0.464 e. The van der Waals surface area contributed by atoms with Crippen molar-refractivity contribution in [2.75, 3.05) is 66.7 Å². The van der Waals surface area contributed by atoms with Gasteiger partial charge in [0.1, 0.15) is 13.2 Å². The average molecular weight is 626 g/mol. The van der Waals surface area contributed by atoms with E-state index in [4.69, 9.17) is 14.2 Å². The summed E-state index contributed by atoms with van der Waals surface area (Å²) in [5.41, 5.74) is 0. The van der Waals surface area contributed by atoms with E-state index in [-0.39, 0.29) is 38.2 Å². The van der Waals surface area contributed by atoms with E-state index >= 15 is 0 Å². The number of nitrogens with zero attached hydrogens (tertiary/aromatic N) is 2. The summed E-state index contributed by atoms with van der Waals surface area (Å²) in [6.45, 7) is 6.81. The Kier molecular flexibility index (Phi) is 28.9. The number of esters is 2. The number of hydrogen-bond donors (Lipinski definition) is 1. The van der Waals surface area contributed by atoms with E-state index in [2.05, 4.69) is 19.2 Å². The van der Waals surface area contributed by atoms with Crippen LogP contribution in [0.2, 0.25) is 0 Å². The highest BCUT2D eigenvalue weighted by Gasteiger charge is 2.14. The number of carbonyl (C=O) groups excluding carboxylic acids is 4. The lowest BCUT2D eigenvalue weighted by Gasteiger charge is -2.21. The second-order valence-electron chi connectivity index (χ2n) is 11.5. The van der Waals surface area contributed by atoms with Gasteiger partial charge in [-0.2, -0.15) is 0 Å². The SMILES string of the molecule is CCCCCCCCCC(=O)OCCN(CCOC(=O)CCCCCCCCC)C(=O)C=CC(=O)NCCOCCN(C)C. The number of carbonyl (C=O) groups is 4. The second kappa shape index (κ2) is 30.6. The molecule has 2 amide bonds. The molecular formula is C34H63N3O7. The van der Waals surface area contributed by atoms with Gasteiger partial charge in [0.25, 0.3) is 0 Å². The van der Waals surface area contributed by atoms with E-state index in [1.807, 2.05) is 19.0 Å². The first-order valence-corrected chi connectivity index (χ1v) is 17.1. The van der Waals surface area contributed by atoms with Crippen LogP contribution in [0.3, 0.4) is 0 Å². The van der Waals surface area contributed by atoms with E-state index in [0.717, 1.165) is 45.1 Å². The molecule has 0 heterocycles. The highest BCUT2D eigenvalue weighted by atomic mass is 16.5. The highest BCUT2D eigenvalue weighted by Crippen LogP contribution is 2.10. The van der Waals surface area contributed by atoms with Gasteiger partial charge in [-0.25, -0.2) is 0 Å². The summed E-state index contributed by atoms with van der Waals surface area (Å²) in [5.74, 6) is -1.39. The molecule has 44 heavy (non-hydrogen) atoms. The zero-order chi connectivity index (χ0) is 32.7. The Morgan fingerprint density at radius 2 is 1.07 bits per heavy atom. The van der Waals surface area contributed by atoms with E-state index in [9.17, 15) is 19.2 Å². The maximum atomic E-state index is 12.9. The van der Waals surface area contributed by atoms with E-state index in [1.54, 1.807) is 0 Å². The number of rotatable bonds is 30. The third-order valence-corrected chi connectivity index (χ3v) is 7.13. The second-order valence-corrected chi connectivity index (χ2v) is 11.5. The van der Waals surface area contributed by atoms with Crippen molar-refractivity contribution in [1.29, 1.82) is 0 Å².